The average Bonchev–Trinajstić information content (AvgIpc) is 2.59. The predicted molar refractivity (Wildman–Crippen MR) is 71.5 cm³/mol. The van der Waals surface area contributed by atoms with Gasteiger partial charge in [0.15, 0.2) is 0 Å². The highest BCUT2D eigenvalue weighted by molar-refractivity contribution is 5.39. The third-order valence-electron chi connectivity index (χ3n) is 3.28. The average molecular weight is 231 g/mol. The number of nitrogens with zero attached hydrogens (tertiary/aromatic N) is 1. The highest BCUT2D eigenvalue weighted by atomic mass is 15.5. The fraction of sp³-hybridized carbons (Fsp3) is 0.429. The molecule has 17 heavy (non-hydrogen) atoms. The summed E-state index contributed by atoms with van der Waals surface area (Å²) in [5.74, 6) is 0.501. The molecular formula is C14H21N3. The van der Waals surface area contributed by atoms with Gasteiger partial charge in [0.25, 0.3) is 0 Å². The molecule has 0 aromatic carbocycles. The van der Waals surface area contributed by atoms with E-state index in [4.69, 9.17) is 5.73 Å². The van der Waals surface area contributed by atoms with E-state index in [2.05, 4.69) is 41.7 Å². The monoisotopic (exact) mass is 231 g/mol. The van der Waals surface area contributed by atoms with Gasteiger partial charge in [-0.15, -0.1) is 0 Å². The van der Waals surface area contributed by atoms with Crippen LogP contribution in [-0.4, -0.2) is 12.1 Å². The maximum Gasteiger partial charge on any atom is 0.0603 e. The van der Waals surface area contributed by atoms with Crippen molar-refractivity contribution in [2.45, 2.75) is 26.2 Å². The van der Waals surface area contributed by atoms with E-state index >= 15 is 0 Å². The Morgan fingerprint density at radius 1 is 1.47 bits per heavy atom. The van der Waals surface area contributed by atoms with Gasteiger partial charge in [-0.1, -0.05) is 25.2 Å². The summed E-state index contributed by atoms with van der Waals surface area (Å²) in [6, 6.07) is 0. The van der Waals surface area contributed by atoms with E-state index in [0.717, 1.165) is 25.0 Å². The van der Waals surface area contributed by atoms with E-state index in [1.54, 1.807) is 6.20 Å². The van der Waals surface area contributed by atoms with Crippen LogP contribution in [0.25, 0.3) is 0 Å². The number of fused-ring (bicyclic) bond motifs is 1. The number of hydrogen-bond donors (Lipinski definition) is 2. The van der Waals surface area contributed by atoms with Gasteiger partial charge < -0.3 is 5.73 Å². The molecule has 3 nitrogen and oxygen atoms in total. The summed E-state index contributed by atoms with van der Waals surface area (Å²) in [5, 5.41) is 2.10. The molecule has 1 saturated heterocycles. The number of nitrogens with one attached hydrogen (secondary N) is 1. The standard InChI is InChI=1S/C14H21N3/c1-11-5-3-8-14-12(9-11)6-4-7-13(10-15)17(14)16-2/h3,5,8-11,16H,4,6-7,15H2,1-2H3/b13-10-. The van der Waals surface area contributed by atoms with Crippen LogP contribution in [0.1, 0.15) is 26.2 Å². The molecule has 3 heteroatoms. The number of hydrogen-bond acceptors (Lipinski definition) is 3. The fourth-order valence-electron chi connectivity index (χ4n) is 2.47. The first kappa shape index (κ1) is 12.0. The molecule has 0 amide bonds. The topological polar surface area (TPSA) is 41.3 Å². The van der Waals surface area contributed by atoms with E-state index in [1.807, 2.05) is 7.05 Å². The van der Waals surface area contributed by atoms with E-state index < -0.39 is 0 Å². The lowest BCUT2D eigenvalue weighted by molar-refractivity contribution is 0.341. The van der Waals surface area contributed by atoms with Gasteiger partial charge >= 0.3 is 0 Å². The van der Waals surface area contributed by atoms with Gasteiger partial charge in [0.1, 0.15) is 0 Å². The normalized spacial score (nSPS) is 27.1. The lowest BCUT2D eigenvalue weighted by atomic mass is 10.0. The summed E-state index contributed by atoms with van der Waals surface area (Å²) in [5.41, 5.74) is 12.7. The molecule has 0 aromatic heterocycles. The molecule has 2 aliphatic rings. The quantitative estimate of drug-likeness (QED) is 0.728. The van der Waals surface area contributed by atoms with Crippen molar-refractivity contribution in [3.05, 3.63) is 47.5 Å². The van der Waals surface area contributed by atoms with Crippen LogP contribution in [0.5, 0.6) is 0 Å². The maximum atomic E-state index is 5.72. The van der Waals surface area contributed by atoms with E-state index in [0.29, 0.717) is 5.92 Å². The Bertz CT molecular complexity index is 402. The lowest BCUT2D eigenvalue weighted by Gasteiger charge is -2.27. The van der Waals surface area contributed by atoms with Crippen molar-refractivity contribution >= 4 is 0 Å². The Labute approximate surface area is 103 Å². The molecule has 0 aromatic rings. The molecule has 92 valence electrons. The van der Waals surface area contributed by atoms with Gasteiger partial charge in [0.05, 0.1) is 11.4 Å². The third-order valence-corrected chi connectivity index (χ3v) is 3.28. The largest absolute Gasteiger partial charge is 0.403 e. The smallest absolute Gasteiger partial charge is 0.0603 e. The molecule has 2 rings (SSSR count). The third kappa shape index (κ3) is 2.44. The SMILES string of the molecule is CNN1C2=CC=CC(C)C=C2CCC/C1=C/N. The van der Waals surface area contributed by atoms with E-state index in [-0.39, 0.29) is 0 Å². The lowest BCUT2D eigenvalue weighted by Crippen LogP contribution is -2.33. The molecule has 1 aliphatic carbocycles. The van der Waals surface area contributed by atoms with Crippen LogP contribution in [0.15, 0.2) is 47.5 Å². The van der Waals surface area contributed by atoms with Crippen LogP contribution in [-0.2, 0) is 0 Å². The molecule has 3 N–H and O–H groups in total. The predicted octanol–water partition coefficient (Wildman–Crippen LogP) is 2.42. The molecule has 0 spiro atoms. The molecular weight excluding hydrogens is 210 g/mol. The second-order valence-corrected chi connectivity index (χ2v) is 4.56. The van der Waals surface area contributed by atoms with Crippen LogP contribution >= 0.6 is 0 Å². The van der Waals surface area contributed by atoms with Gasteiger partial charge in [0, 0.05) is 13.2 Å². The summed E-state index contributed by atoms with van der Waals surface area (Å²) in [4.78, 5) is 0. The highest BCUT2D eigenvalue weighted by Gasteiger charge is 2.21. The summed E-state index contributed by atoms with van der Waals surface area (Å²) in [6.07, 6.45) is 13.9. The number of hydrazine groups is 1. The van der Waals surface area contributed by atoms with Gasteiger partial charge in [-0.25, -0.2) is 5.43 Å². The first-order valence-electron chi connectivity index (χ1n) is 6.24. The first-order valence-corrected chi connectivity index (χ1v) is 6.24. The molecule has 1 atom stereocenters. The van der Waals surface area contributed by atoms with Crippen molar-refractivity contribution in [3.8, 4) is 0 Å². The Hall–Kier alpha value is -1.48. The van der Waals surface area contributed by atoms with Crippen LogP contribution in [0.4, 0.5) is 0 Å². The minimum Gasteiger partial charge on any atom is -0.403 e. The second-order valence-electron chi connectivity index (χ2n) is 4.56. The number of rotatable bonds is 1. The van der Waals surface area contributed by atoms with Crippen LogP contribution in [0.2, 0.25) is 0 Å². The van der Waals surface area contributed by atoms with Gasteiger partial charge in [-0.05, 0) is 36.8 Å². The Morgan fingerprint density at radius 2 is 2.29 bits per heavy atom. The van der Waals surface area contributed by atoms with Crippen molar-refractivity contribution in [3.63, 3.8) is 0 Å². The number of nitrogens with two attached hydrogens (primary N) is 1. The van der Waals surface area contributed by atoms with Gasteiger partial charge in [0.2, 0.25) is 0 Å². The Kier molecular flexibility index (Phi) is 3.69. The molecule has 1 aliphatic heterocycles. The second kappa shape index (κ2) is 5.23. The zero-order valence-corrected chi connectivity index (χ0v) is 10.6. The van der Waals surface area contributed by atoms with Gasteiger partial charge in [-0.2, -0.15) is 0 Å². The van der Waals surface area contributed by atoms with Crippen LogP contribution in [0, 0.1) is 5.92 Å². The first-order chi connectivity index (χ1) is 8.26. The van der Waals surface area contributed by atoms with Crippen molar-refractivity contribution in [2.75, 3.05) is 7.05 Å². The number of allylic oxidation sites excluding steroid dienone is 6. The Balaban J connectivity index is 2.42. The Morgan fingerprint density at radius 3 is 3.00 bits per heavy atom. The van der Waals surface area contributed by atoms with Gasteiger partial charge in [-0.3, -0.25) is 5.01 Å². The van der Waals surface area contributed by atoms with Crippen molar-refractivity contribution in [2.24, 2.45) is 11.7 Å². The van der Waals surface area contributed by atoms with E-state index in [9.17, 15) is 0 Å². The summed E-state index contributed by atoms with van der Waals surface area (Å²) < 4.78 is 0. The molecule has 0 bridgehead atoms. The summed E-state index contributed by atoms with van der Waals surface area (Å²) in [7, 11) is 1.94. The minimum absolute atomic E-state index is 0.501. The van der Waals surface area contributed by atoms with Crippen LogP contribution in [0.3, 0.4) is 0 Å². The molecule has 1 fully saturated rings. The zero-order valence-electron chi connectivity index (χ0n) is 10.6. The van der Waals surface area contributed by atoms with Crippen molar-refractivity contribution < 1.29 is 0 Å². The van der Waals surface area contributed by atoms with E-state index in [1.165, 1.54) is 11.3 Å². The summed E-state index contributed by atoms with van der Waals surface area (Å²) in [6.45, 7) is 2.22. The highest BCUT2D eigenvalue weighted by Crippen LogP contribution is 2.31. The molecule has 0 saturated carbocycles. The zero-order chi connectivity index (χ0) is 12.3. The van der Waals surface area contributed by atoms with Crippen molar-refractivity contribution in [1.29, 1.82) is 0 Å². The molecule has 1 heterocycles. The minimum atomic E-state index is 0.501. The van der Waals surface area contributed by atoms with Crippen molar-refractivity contribution in [1.82, 2.24) is 10.4 Å². The molecule has 0 radical (unpaired) electrons. The summed E-state index contributed by atoms with van der Waals surface area (Å²) >= 11 is 0. The fourth-order valence-corrected chi connectivity index (χ4v) is 2.47. The maximum absolute atomic E-state index is 5.72. The molecule has 1 unspecified atom stereocenters. The van der Waals surface area contributed by atoms with Crippen LogP contribution < -0.4 is 11.2 Å².